The number of benzene rings is 1. The molecule has 0 radical (unpaired) electrons. The molecule has 1 aromatic heterocycles. The van der Waals surface area contributed by atoms with Gasteiger partial charge in [-0.3, -0.25) is 0 Å². The SMILES string of the molecule is Cn1ccnc1Oc1ccc(F)cc1N. The average molecular weight is 207 g/mol. The molecule has 15 heavy (non-hydrogen) atoms. The molecule has 0 bridgehead atoms. The summed E-state index contributed by atoms with van der Waals surface area (Å²) in [6, 6.07) is 4.38. The molecule has 0 saturated heterocycles. The zero-order valence-corrected chi connectivity index (χ0v) is 8.14. The molecule has 0 atom stereocenters. The maximum Gasteiger partial charge on any atom is 0.301 e. The lowest BCUT2D eigenvalue weighted by atomic mass is 10.3. The van der Waals surface area contributed by atoms with Gasteiger partial charge in [0.05, 0.1) is 5.69 Å². The Morgan fingerprint density at radius 1 is 1.47 bits per heavy atom. The summed E-state index contributed by atoms with van der Waals surface area (Å²) < 4.78 is 19.8. The van der Waals surface area contributed by atoms with Gasteiger partial charge >= 0.3 is 6.01 Å². The summed E-state index contributed by atoms with van der Waals surface area (Å²) in [5.74, 6) is 0.00499. The van der Waals surface area contributed by atoms with Crippen molar-refractivity contribution in [1.82, 2.24) is 9.55 Å². The van der Waals surface area contributed by atoms with E-state index < -0.39 is 0 Å². The van der Waals surface area contributed by atoms with Crippen LogP contribution >= 0.6 is 0 Å². The molecule has 78 valence electrons. The summed E-state index contributed by atoms with van der Waals surface area (Å²) in [4.78, 5) is 3.97. The number of aromatic nitrogens is 2. The van der Waals surface area contributed by atoms with E-state index in [1.54, 1.807) is 24.0 Å². The standard InChI is InChI=1S/C10H10FN3O/c1-14-5-4-13-10(14)15-9-3-2-7(11)6-8(9)12/h2-6H,12H2,1H3. The molecular formula is C10H10FN3O. The third-order valence-electron chi connectivity index (χ3n) is 1.95. The van der Waals surface area contributed by atoms with Crippen molar-refractivity contribution in [2.45, 2.75) is 0 Å². The number of rotatable bonds is 2. The van der Waals surface area contributed by atoms with Crippen molar-refractivity contribution in [3.05, 3.63) is 36.4 Å². The number of ether oxygens (including phenoxy) is 1. The summed E-state index contributed by atoms with van der Waals surface area (Å²) in [7, 11) is 1.79. The molecule has 0 fully saturated rings. The first-order valence-electron chi connectivity index (χ1n) is 4.37. The van der Waals surface area contributed by atoms with Crippen LogP contribution in [0.5, 0.6) is 11.8 Å². The van der Waals surface area contributed by atoms with Crippen molar-refractivity contribution >= 4 is 5.69 Å². The second-order valence-corrected chi connectivity index (χ2v) is 3.10. The predicted octanol–water partition coefficient (Wildman–Crippen LogP) is 1.93. The van der Waals surface area contributed by atoms with Crippen molar-refractivity contribution in [1.29, 1.82) is 0 Å². The minimum absolute atomic E-state index is 0.248. The summed E-state index contributed by atoms with van der Waals surface area (Å²) in [5.41, 5.74) is 5.83. The largest absolute Gasteiger partial charge is 0.423 e. The molecule has 0 aliphatic carbocycles. The van der Waals surface area contributed by atoms with Crippen LogP contribution in [0.25, 0.3) is 0 Å². The van der Waals surface area contributed by atoms with Crippen LogP contribution in [-0.2, 0) is 7.05 Å². The van der Waals surface area contributed by atoms with Crippen molar-refractivity contribution < 1.29 is 9.13 Å². The van der Waals surface area contributed by atoms with Gasteiger partial charge in [-0.15, -0.1) is 0 Å². The topological polar surface area (TPSA) is 53.1 Å². The van der Waals surface area contributed by atoms with Gasteiger partial charge in [-0.1, -0.05) is 0 Å². The molecule has 0 aliphatic heterocycles. The van der Waals surface area contributed by atoms with Crippen LogP contribution in [0.2, 0.25) is 0 Å². The monoisotopic (exact) mass is 207 g/mol. The fraction of sp³-hybridized carbons (Fsp3) is 0.100. The molecule has 0 unspecified atom stereocenters. The molecule has 4 nitrogen and oxygen atoms in total. The number of imidazole rings is 1. The van der Waals surface area contributed by atoms with E-state index in [2.05, 4.69) is 4.98 Å². The average Bonchev–Trinajstić information content (AvgIpc) is 2.57. The number of aryl methyl sites for hydroxylation is 1. The fourth-order valence-electron chi connectivity index (χ4n) is 1.16. The molecule has 2 rings (SSSR count). The van der Waals surface area contributed by atoms with Gasteiger partial charge in [0.25, 0.3) is 0 Å². The second-order valence-electron chi connectivity index (χ2n) is 3.10. The Morgan fingerprint density at radius 2 is 2.27 bits per heavy atom. The van der Waals surface area contributed by atoms with Gasteiger partial charge < -0.3 is 15.0 Å². The quantitative estimate of drug-likeness (QED) is 0.765. The smallest absolute Gasteiger partial charge is 0.301 e. The third kappa shape index (κ3) is 1.90. The lowest BCUT2D eigenvalue weighted by molar-refractivity contribution is 0.426. The lowest BCUT2D eigenvalue weighted by Crippen LogP contribution is -1.97. The first kappa shape index (κ1) is 9.51. The first-order valence-corrected chi connectivity index (χ1v) is 4.37. The van der Waals surface area contributed by atoms with Gasteiger partial charge in [-0.05, 0) is 12.1 Å². The van der Waals surface area contributed by atoms with Crippen LogP contribution in [0, 0.1) is 5.82 Å². The van der Waals surface area contributed by atoms with E-state index in [-0.39, 0.29) is 11.5 Å². The highest BCUT2D eigenvalue weighted by molar-refractivity contribution is 5.53. The lowest BCUT2D eigenvalue weighted by Gasteiger charge is -2.07. The molecule has 2 N–H and O–H groups in total. The van der Waals surface area contributed by atoms with E-state index in [1.807, 2.05) is 0 Å². The highest BCUT2D eigenvalue weighted by Crippen LogP contribution is 2.26. The van der Waals surface area contributed by atoms with Gasteiger partial charge in [0, 0.05) is 25.5 Å². The van der Waals surface area contributed by atoms with Crippen LogP contribution in [0.3, 0.4) is 0 Å². The van der Waals surface area contributed by atoms with Crippen molar-refractivity contribution in [3.63, 3.8) is 0 Å². The first-order chi connectivity index (χ1) is 7.16. The van der Waals surface area contributed by atoms with E-state index >= 15 is 0 Å². The van der Waals surface area contributed by atoms with Crippen molar-refractivity contribution in [2.75, 3.05) is 5.73 Å². The molecular weight excluding hydrogens is 197 g/mol. The van der Waals surface area contributed by atoms with Gasteiger partial charge in [-0.2, -0.15) is 0 Å². The maximum atomic E-state index is 12.7. The zero-order valence-electron chi connectivity index (χ0n) is 8.14. The molecule has 5 heteroatoms. The fourth-order valence-corrected chi connectivity index (χ4v) is 1.16. The van der Waals surface area contributed by atoms with E-state index in [4.69, 9.17) is 10.5 Å². The van der Waals surface area contributed by atoms with Crippen LogP contribution in [0.4, 0.5) is 10.1 Å². The predicted molar refractivity (Wildman–Crippen MR) is 54.1 cm³/mol. The summed E-state index contributed by atoms with van der Waals surface area (Å²) in [5, 5.41) is 0. The number of nitrogens with zero attached hydrogens (tertiary/aromatic N) is 2. The summed E-state index contributed by atoms with van der Waals surface area (Å²) in [6.07, 6.45) is 3.35. The molecule has 1 heterocycles. The maximum absolute atomic E-state index is 12.7. The molecule has 0 aliphatic rings. The van der Waals surface area contributed by atoms with Gasteiger partial charge in [0.15, 0.2) is 5.75 Å². The minimum atomic E-state index is -0.389. The molecule has 0 saturated carbocycles. The number of anilines is 1. The molecule has 0 spiro atoms. The van der Waals surface area contributed by atoms with E-state index in [0.717, 1.165) is 0 Å². The Kier molecular flexibility index (Phi) is 2.29. The molecule has 1 aromatic carbocycles. The van der Waals surface area contributed by atoms with Gasteiger partial charge in [-0.25, -0.2) is 9.37 Å². The Hall–Kier alpha value is -2.04. The molecule has 0 amide bonds. The highest BCUT2D eigenvalue weighted by Gasteiger charge is 2.06. The van der Waals surface area contributed by atoms with Gasteiger partial charge in [0.1, 0.15) is 5.82 Å². The van der Waals surface area contributed by atoms with Crippen LogP contribution in [0.1, 0.15) is 0 Å². The summed E-state index contributed by atoms with van der Waals surface area (Å²) >= 11 is 0. The number of hydrogen-bond acceptors (Lipinski definition) is 3. The van der Waals surface area contributed by atoms with Crippen molar-refractivity contribution in [3.8, 4) is 11.8 Å². The van der Waals surface area contributed by atoms with Crippen molar-refractivity contribution in [2.24, 2.45) is 7.05 Å². The number of nitrogen functional groups attached to an aromatic ring is 1. The Labute approximate surface area is 86.1 Å². The Morgan fingerprint density at radius 3 is 2.87 bits per heavy atom. The van der Waals surface area contributed by atoms with Gasteiger partial charge in [0.2, 0.25) is 0 Å². The van der Waals surface area contributed by atoms with E-state index in [1.165, 1.54) is 18.2 Å². The van der Waals surface area contributed by atoms with Crippen LogP contribution in [-0.4, -0.2) is 9.55 Å². The normalized spacial score (nSPS) is 10.3. The molecule has 2 aromatic rings. The highest BCUT2D eigenvalue weighted by atomic mass is 19.1. The van der Waals surface area contributed by atoms with E-state index in [9.17, 15) is 4.39 Å². The van der Waals surface area contributed by atoms with Crippen LogP contribution < -0.4 is 10.5 Å². The number of hydrogen-bond donors (Lipinski definition) is 1. The number of halogens is 1. The third-order valence-corrected chi connectivity index (χ3v) is 1.95. The van der Waals surface area contributed by atoms with Crippen LogP contribution in [0.15, 0.2) is 30.6 Å². The second kappa shape index (κ2) is 3.61. The van der Waals surface area contributed by atoms with E-state index in [0.29, 0.717) is 11.8 Å². The zero-order chi connectivity index (χ0) is 10.8. The Balaban J connectivity index is 2.29. The minimum Gasteiger partial charge on any atom is -0.423 e. The Bertz CT molecular complexity index is 481. The number of nitrogens with two attached hydrogens (primary N) is 1. The summed E-state index contributed by atoms with van der Waals surface area (Å²) in [6.45, 7) is 0.